The molecule has 1 rings (SSSR count). The van der Waals surface area contributed by atoms with Crippen molar-refractivity contribution >= 4 is 27.4 Å². The van der Waals surface area contributed by atoms with Crippen LogP contribution in [0.3, 0.4) is 0 Å². The summed E-state index contributed by atoms with van der Waals surface area (Å²) in [6, 6.07) is 2.94. The number of ether oxygens (including phenoxy) is 1. The molecule has 0 saturated heterocycles. The summed E-state index contributed by atoms with van der Waals surface area (Å²) in [6.07, 6.45) is 0.106. The number of halogens is 3. The second-order valence-corrected chi connectivity index (χ2v) is 4.01. The van der Waals surface area contributed by atoms with E-state index in [1.54, 1.807) is 0 Å². The van der Waals surface area contributed by atoms with Crippen LogP contribution in [0.4, 0.5) is 14.5 Å². The van der Waals surface area contributed by atoms with Gasteiger partial charge in [-0.3, -0.25) is 14.9 Å². The summed E-state index contributed by atoms with van der Waals surface area (Å²) in [5.74, 6) is -0.799. The maximum absolute atomic E-state index is 12.0. The Balaban J connectivity index is 3.13. The number of nitrogens with zero attached hydrogens (tertiary/aromatic N) is 1. The van der Waals surface area contributed by atoms with E-state index in [0.717, 1.165) is 18.2 Å². The third-order valence-electron chi connectivity index (χ3n) is 1.97. The summed E-state index contributed by atoms with van der Waals surface area (Å²) >= 11 is 3.05. The Bertz CT molecular complexity index is 467. The van der Waals surface area contributed by atoms with Crippen LogP contribution < -0.4 is 4.74 Å². The third kappa shape index (κ3) is 4.02. The van der Waals surface area contributed by atoms with Crippen molar-refractivity contribution in [2.75, 3.05) is 5.33 Å². The van der Waals surface area contributed by atoms with Crippen LogP contribution in [0.1, 0.15) is 16.8 Å². The standard InChI is InChI=1S/C10H8BrF2NO4/c11-2-1-9(15)6-3-7(14(16)17)5-8(4-6)18-10(12)13/h3-5,10H,1-2H2. The van der Waals surface area contributed by atoms with E-state index >= 15 is 0 Å². The molecule has 0 aliphatic heterocycles. The molecule has 0 fully saturated rings. The Morgan fingerprint density at radius 3 is 2.61 bits per heavy atom. The predicted molar refractivity (Wildman–Crippen MR) is 62.5 cm³/mol. The topological polar surface area (TPSA) is 69.4 Å². The van der Waals surface area contributed by atoms with Crippen LogP contribution in [0.2, 0.25) is 0 Å². The fraction of sp³-hybridized carbons (Fsp3) is 0.300. The fourth-order valence-electron chi connectivity index (χ4n) is 1.25. The van der Waals surface area contributed by atoms with Crippen molar-refractivity contribution in [1.82, 2.24) is 0 Å². The van der Waals surface area contributed by atoms with Gasteiger partial charge in [0.25, 0.3) is 5.69 Å². The van der Waals surface area contributed by atoms with Gasteiger partial charge < -0.3 is 4.74 Å². The molecule has 0 saturated carbocycles. The van der Waals surface area contributed by atoms with Gasteiger partial charge in [0.15, 0.2) is 5.78 Å². The lowest BCUT2D eigenvalue weighted by Gasteiger charge is -2.06. The number of hydrogen-bond donors (Lipinski definition) is 0. The van der Waals surface area contributed by atoms with Crippen molar-refractivity contribution in [2.24, 2.45) is 0 Å². The average molecular weight is 324 g/mol. The molecule has 0 aromatic heterocycles. The summed E-state index contributed by atoms with van der Waals surface area (Å²) in [7, 11) is 0. The van der Waals surface area contributed by atoms with Gasteiger partial charge in [-0.2, -0.15) is 8.78 Å². The highest BCUT2D eigenvalue weighted by atomic mass is 79.9. The molecule has 98 valence electrons. The second-order valence-electron chi connectivity index (χ2n) is 3.21. The van der Waals surface area contributed by atoms with E-state index in [4.69, 9.17) is 0 Å². The molecule has 18 heavy (non-hydrogen) atoms. The fourth-order valence-corrected chi connectivity index (χ4v) is 1.61. The van der Waals surface area contributed by atoms with Crippen LogP contribution >= 0.6 is 15.9 Å². The highest BCUT2D eigenvalue weighted by Gasteiger charge is 2.16. The van der Waals surface area contributed by atoms with Crippen molar-refractivity contribution in [3.63, 3.8) is 0 Å². The number of rotatable bonds is 6. The zero-order valence-electron chi connectivity index (χ0n) is 8.94. The largest absolute Gasteiger partial charge is 0.435 e. The minimum atomic E-state index is -3.11. The first-order valence-corrected chi connectivity index (χ1v) is 5.89. The van der Waals surface area contributed by atoms with Crippen LogP contribution in [0.15, 0.2) is 18.2 Å². The molecule has 0 radical (unpaired) electrons. The number of alkyl halides is 3. The second kappa shape index (κ2) is 6.39. The Hall–Kier alpha value is -1.57. The molecule has 0 atom stereocenters. The summed E-state index contributed by atoms with van der Waals surface area (Å²) in [5.41, 5.74) is -0.495. The van der Waals surface area contributed by atoms with Gasteiger partial charge in [0.1, 0.15) is 5.75 Å². The SMILES string of the molecule is O=C(CCBr)c1cc(OC(F)F)cc([N+](=O)[O-])c1. The van der Waals surface area contributed by atoms with Crippen LogP contribution in [-0.2, 0) is 0 Å². The van der Waals surface area contributed by atoms with E-state index in [2.05, 4.69) is 20.7 Å². The molecule has 8 heteroatoms. The van der Waals surface area contributed by atoms with Gasteiger partial charge in [0, 0.05) is 23.4 Å². The first-order chi connectivity index (χ1) is 8.43. The number of nitro groups is 1. The zero-order valence-corrected chi connectivity index (χ0v) is 10.5. The maximum atomic E-state index is 12.0. The highest BCUT2D eigenvalue weighted by Crippen LogP contribution is 2.25. The molecule has 0 unspecified atom stereocenters. The number of carbonyl (C=O) groups is 1. The Morgan fingerprint density at radius 1 is 1.44 bits per heavy atom. The molecule has 0 spiro atoms. The van der Waals surface area contributed by atoms with E-state index in [1.165, 1.54) is 0 Å². The normalized spacial score (nSPS) is 10.4. The van der Waals surface area contributed by atoms with Crippen LogP contribution in [0.5, 0.6) is 5.75 Å². The molecule has 5 nitrogen and oxygen atoms in total. The van der Waals surface area contributed by atoms with Crippen molar-refractivity contribution < 1.29 is 23.2 Å². The summed E-state index contributed by atoms with van der Waals surface area (Å²) in [6.45, 7) is -3.11. The van der Waals surface area contributed by atoms with E-state index < -0.39 is 28.8 Å². The van der Waals surface area contributed by atoms with Crippen molar-refractivity contribution in [2.45, 2.75) is 13.0 Å². The molecular formula is C10H8BrF2NO4. The van der Waals surface area contributed by atoms with Crippen molar-refractivity contribution in [1.29, 1.82) is 0 Å². The number of non-ortho nitro benzene ring substituents is 1. The maximum Gasteiger partial charge on any atom is 0.387 e. The quantitative estimate of drug-likeness (QED) is 0.349. The van der Waals surface area contributed by atoms with Gasteiger partial charge in [0.05, 0.1) is 11.0 Å². The van der Waals surface area contributed by atoms with Gasteiger partial charge in [-0.25, -0.2) is 0 Å². The smallest absolute Gasteiger partial charge is 0.387 e. The monoisotopic (exact) mass is 323 g/mol. The molecule has 0 aliphatic carbocycles. The molecule has 1 aromatic rings. The van der Waals surface area contributed by atoms with Crippen LogP contribution in [-0.4, -0.2) is 22.6 Å². The Labute approximate surface area is 109 Å². The lowest BCUT2D eigenvalue weighted by molar-refractivity contribution is -0.385. The van der Waals surface area contributed by atoms with Crippen LogP contribution in [0.25, 0.3) is 0 Å². The average Bonchev–Trinajstić information content (AvgIpc) is 2.27. The van der Waals surface area contributed by atoms with Crippen LogP contribution in [0, 0.1) is 10.1 Å². The van der Waals surface area contributed by atoms with Crippen molar-refractivity contribution in [3.8, 4) is 5.75 Å². The molecule has 0 heterocycles. The third-order valence-corrected chi connectivity index (χ3v) is 2.37. The Kier molecular flexibility index (Phi) is 5.14. The van der Waals surface area contributed by atoms with E-state index in [9.17, 15) is 23.7 Å². The van der Waals surface area contributed by atoms with Crippen molar-refractivity contribution in [3.05, 3.63) is 33.9 Å². The number of benzene rings is 1. The highest BCUT2D eigenvalue weighted by molar-refractivity contribution is 9.09. The minimum Gasteiger partial charge on any atom is -0.435 e. The number of nitro benzene ring substituents is 1. The van der Waals surface area contributed by atoms with E-state index in [0.29, 0.717) is 5.33 Å². The van der Waals surface area contributed by atoms with E-state index in [-0.39, 0.29) is 12.0 Å². The first-order valence-electron chi connectivity index (χ1n) is 4.77. The minimum absolute atomic E-state index is 0.0284. The summed E-state index contributed by atoms with van der Waals surface area (Å²) in [4.78, 5) is 21.4. The molecule has 0 N–H and O–H groups in total. The van der Waals surface area contributed by atoms with Gasteiger partial charge in [0.2, 0.25) is 0 Å². The van der Waals surface area contributed by atoms with Gasteiger partial charge in [-0.15, -0.1) is 0 Å². The Morgan fingerprint density at radius 2 is 2.11 bits per heavy atom. The lowest BCUT2D eigenvalue weighted by Crippen LogP contribution is -2.06. The van der Waals surface area contributed by atoms with Gasteiger partial charge in [-0.1, -0.05) is 15.9 Å². The summed E-state index contributed by atoms with van der Waals surface area (Å²) < 4.78 is 28.2. The van der Waals surface area contributed by atoms with E-state index in [1.807, 2.05) is 0 Å². The number of Topliss-reactive ketones (excluding diaryl/α,β-unsaturated/α-hetero) is 1. The summed E-state index contributed by atoms with van der Waals surface area (Å²) in [5, 5.41) is 11.0. The lowest BCUT2D eigenvalue weighted by atomic mass is 10.1. The molecule has 0 amide bonds. The predicted octanol–water partition coefficient (Wildman–Crippen LogP) is 3.16. The van der Waals surface area contributed by atoms with Gasteiger partial charge in [-0.05, 0) is 6.07 Å². The van der Waals surface area contributed by atoms with Gasteiger partial charge >= 0.3 is 6.61 Å². The number of ketones is 1. The molecule has 0 aliphatic rings. The number of carbonyl (C=O) groups excluding carboxylic acids is 1. The number of hydrogen-bond acceptors (Lipinski definition) is 4. The first kappa shape index (κ1) is 14.5. The molecular weight excluding hydrogens is 316 g/mol. The molecule has 1 aromatic carbocycles. The zero-order chi connectivity index (χ0) is 13.7. The molecule has 0 bridgehead atoms.